The van der Waals surface area contributed by atoms with E-state index in [1.165, 1.54) is 10.3 Å². The second kappa shape index (κ2) is 14.9. The highest BCUT2D eigenvalue weighted by molar-refractivity contribution is 7.21. The first-order chi connectivity index (χ1) is 22.9. The molecule has 1 aromatic heterocycles. The Morgan fingerprint density at radius 1 is 0.723 bits per heavy atom. The molecule has 0 bridgehead atoms. The topological polar surface area (TPSA) is 71.4 Å². The third-order valence-electron chi connectivity index (χ3n) is 8.68. The number of hydrogen-bond donors (Lipinski definition) is 0. The van der Waals surface area contributed by atoms with Gasteiger partial charge in [-0.15, -0.1) is 11.3 Å². The van der Waals surface area contributed by atoms with Crippen molar-refractivity contribution in [3.8, 4) is 33.6 Å². The molecule has 0 saturated heterocycles. The van der Waals surface area contributed by atoms with Crippen LogP contribution in [-0.4, -0.2) is 38.1 Å². The number of oxime groups is 1. The standard InChI is InChI=1S/C39H42N2O5S/c1-25-14-15-29(39-40-31-12-8-9-13-38(31)47-39)22-34(25)44-18-10-6-7-11-19-45-37-21-28(16-17-33(37)42-4)36-24-32(41-46-36)30-20-26(2)27(3)35(23-30)43-5/h8-9,12-17,20-23,36H,6-7,10-11,18-19,24H2,1-5H3. The molecule has 1 aliphatic heterocycles. The molecule has 0 amide bonds. The number of methoxy groups -OCH3 is 2. The van der Waals surface area contributed by atoms with Gasteiger partial charge in [0.25, 0.3) is 0 Å². The van der Waals surface area contributed by atoms with Crippen LogP contribution in [0.1, 0.15) is 66.0 Å². The fraction of sp³-hybridized carbons (Fsp3) is 0.333. The first kappa shape index (κ1) is 32.4. The Hall–Kier alpha value is -4.56. The Morgan fingerprint density at radius 3 is 2.23 bits per heavy atom. The van der Waals surface area contributed by atoms with E-state index in [1.807, 2.05) is 30.3 Å². The molecule has 0 saturated carbocycles. The van der Waals surface area contributed by atoms with Gasteiger partial charge in [0.1, 0.15) is 16.5 Å². The number of para-hydroxylation sites is 1. The Balaban J connectivity index is 0.955. The van der Waals surface area contributed by atoms with Gasteiger partial charge < -0.3 is 23.8 Å². The minimum absolute atomic E-state index is 0.184. The second-order valence-corrected chi connectivity index (χ2v) is 13.0. The molecular weight excluding hydrogens is 609 g/mol. The van der Waals surface area contributed by atoms with Crippen LogP contribution >= 0.6 is 11.3 Å². The van der Waals surface area contributed by atoms with Gasteiger partial charge >= 0.3 is 0 Å². The van der Waals surface area contributed by atoms with Crippen LogP contribution in [0.2, 0.25) is 0 Å². The van der Waals surface area contributed by atoms with E-state index in [-0.39, 0.29) is 6.10 Å². The Bertz CT molecular complexity index is 1850. The summed E-state index contributed by atoms with van der Waals surface area (Å²) in [6.45, 7) is 7.53. The summed E-state index contributed by atoms with van der Waals surface area (Å²) in [7, 11) is 3.36. The number of unbranched alkanes of at least 4 members (excludes halogenated alkanes) is 3. The number of benzene rings is 4. The summed E-state index contributed by atoms with van der Waals surface area (Å²) in [5.74, 6) is 3.22. The predicted molar refractivity (Wildman–Crippen MR) is 190 cm³/mol. The van der Waals surface area contributed by atoms with Crippen molar-refractivity contribution in [2.24, 2.45) is 5.16 Å². The summed E-state index contributed by atoms with van der Waals surface area (Å²) >= 11 is 1.71. The number of fused-ring (bicyclic) bond motifs is 1. The molecule has 47 heavy (non-hydrogen) atoms. The third-order valence-corrected chi connectivity index (χ3v) is 9.77. The molecule has 1 unspecified atom stereocenters. The summed E-state index contributed by atoms with van der Waals surface area (Å²) in [5, 5.41) is 5.44. The average Bonchev–Trinajstić information content (AvgIpc) is 3.76. The fourth-order valence-corrected chi connectivity index (χ4v) is 6.71. The number of aromatic nitrogens is 1. The maximum atomic E-state index is 6.20. The highest BCUT2D eigenvalue weighted by Gasteiger charge is 2.26. The van der Waals surface area contributed by atoms with Gasteiger partial charge in [-0.3, -0.25) is 0 Å². The zero-order valence-electron chi connectivity index (χ0n) is 27.8. The zero-order valence-corrected chi connectivity index (χ0v) is 28.6. The van der Waals surface area contributed by atoms with E-state index in [2.05, 4.69) is 68.4 Å². The molecule has 244 valence electrons. The lowest BCUT2D eigenvalue weighted by atomic mass is 9.97. The summed E-state index contributed by atoms with van der Waals surface area (Å²) < 4.78 is 24.8. The van der Waals surface area contributed by atoms with E-state index in [0.717, 1.165) is 87.0 Å². The summed E-state index contributed by atoms with van der Waals surface area (Å²) in [6, 6.07) is 24.8. The average molecular weight is 651 g/mol. The maximum Gasteiger partial charge on any atom is 0.161 e. The minimum Gasteiger partial charge on any atom is -0.496 e. The van der Waals surface area contributed by atoms with E-state index in [9.17, 15) is 0 Å². The number of rotatable bonds is 14. The second-order valence-electron chi connectivity index (χ2n) is 11.9. The van der Waals surface area contributed by atoms with Crippen molar-refractivity contribution in [1.82, 2.24) is 4.98 Å². The van der Waals surface area contributed by atoms with Gasteiger partial charge in [-0.1, -0.05) is 35.5 Å². The Morgan fingerprint density at radius 2 is 1.47 bits per heavy atom. The van der Waals surface area contributed by atoms with Crippen LogP contribution in [0.25, 0.3) is 20.8 Å². The highest BCUT2D eigenvalue weighted by Crippen LogP contribution is 2.37. The van der Waals surface area contributed by atoms with Crippen molar-refractivity contribution in [2.45, 2.75) is 59.0 Å². The molecule has 2 heterocycles. The van der Waals surface area contributed by atoms with Gasteiger partial charge in [0.2, 0.25) is 0 Å². The minimum atomic E-state index is -0.184. The van der Waals surface area contributed by atoms with Crippen LogP contribution in [0.3, 0.4) is 0 Å². The molecule has 4 aromatic carbocycles. The van der Waals surface area contributed by atoms with Gasteiger partial charge in [-0.05, 0) is 111 Å². The summed E-state index contributed by atoms with van der Waals surface area (Å²) in [5.41, 5.74) is 8.51. The monoisotopic (exact) mass is 650 g/mol. The summed E-state index contributed by atoms with van der Waals surface area (Å²) in [4.78, 5) is 10.7. The molecule has 0 radical (unpaired) electrons. The van der Waals surface area contributed by atoms with Crippen LogP contribution in [0.4, 0.5) is 0 Å². The molecule has 1 atom stereocenters. The third kappa shape index (κ3) is 7.54. The van der Waals surface area contributed by atoms with E-state index in [0.29, 0.717) is 25.4 Å². The van der Waals surface area contributed by atoms with Gasteiger partial charge in [-0.2, -0.15) is 0 Å². The normalized spacial score (nSPS) is 14.1. The van der Waals surface area contributed by atoms with Gasteiger partial charge in [-0.25, -0.2) is 4.98 Å². The lowest BCUT2D eigenvalue weighted by Gasteiger charge is -2.15. The number of hydrogen-bond acceptors (Lipinski definition) is 8. The first-order valence-electron chi connectivity index (χ1n) is 16.2. The van der Waals surface area contributed by atoms with Gasteiger partial charge in [0.05, 0.1) is 43.4 Å². The zero-order chi connectivity index (χ0) is 32.8. The van der Waals surface area contributed by atoms with Crippen LogP contribution in [-0.2, 0) is 4.84 Å². The van der Waals surface area contributed by atoms with Crippen molar-refractivity contribution in [3.05, 3.63) is 101 Å². The molecule has 6 rings (SSSR count). The Kier molecular flexibility index (Phi) is 10.3. The summed E-state index contributed by atoms with van der Waals surface area (Å²) in [6.07, 6.45) is 4.54. The lowest BCUT2D eigenvalue weighted by Crippen LogP contribution is -2.05. The number of nitrogens with zero attached hydrogens (tertiary/aromatic N) is 2. The van der Waals surface area contributed by atoms with Crippen LogP contribution < -0.4 is 18.9 Å². The van der Waals surface area contributed by atoms with Crippen molar-refractivity contribution in [2.75, 3.05) is 27.4 Å². The predicted octanol–water partition coefficient (Wildman–Crippen LogP) is 9.79. The SMILES string of the molecule is COc1ccc(C2CC(c3cc(C)c(C)c(OC)c3)=NO2)cc1OCCCCCCOc1cc(-c2nc3ccccc3s2)ccc1C. The fourth-order valence-electron chi connectivity index (χ4n) is 5.74. The van der Waals surface area contributed by atoms with Gasteiger partial charge in [0.15, 0.2) is 17.6 Å². The highest BCUT2D eigenvalue weighted by atomic mass is 32.1. The largest absolute Gasteiger partial charge is 0.496 e. The van der Waals surface area contributed by atoms with Crippen molar-refractivity contribution < 1.29 is 23.8 Å². The van der Waals surface area contributed by atoms with Crippen LogP contribution in [0.5, 0.6) is 23.0 Å². The molecule has 0 aliphatic carbocycles. The van der Waals surface area contributed by atoms with E-state index in [4.69, 9.17) is 28.8 Å². The molecule has 7 nitrogen and oxygen atoms in total. The molecule has 1 aliphatic rings. The van der Waals surface area contributed by atoms with E-state index >= 15 is 0 Å². The molecule has 8 heteroatoms. The lowest BCUT2D eigenvalue weighted by molar-refractivity contribution is 0.0854. The van der Waals surface area contributed by atoms with Gasteiger partial charge in [0, 0.05) is 17.5 Å². The quantitative estimate of drug-likeness (QED) is 0.111. The van der Waals surface area contributed by atoms with Crippen molar-refractivity contribution in [3.63, 3.8) is 0 Å². The molecule has 0 N–H and O–H groups in total. The van der Waals surface area contributed by atoms with Crippen LogP contribution in [0, 0.1) is 20.8 Å². The number of ether oxygens (including phenoxy) is 4. The molecule has 0 fully saturated rings. The molecular formula is C39H42N2O5S. The van der Waals surface area contributed by atoms with Crippen LogP contribution in [0.15, 0.2) is 78.0 Å². The number of aryl methyl sites for hydroxylation is 2. The molecule has 0 spiro atoms. The maximum absolute atomic E-state index is 6.20. The molecule has 5 aromatic rings. The van der Waals surface area contributed by atoms with Crippen molar-refractivity contribution in [1.29, 1.82) is 0 Å². The Labute approximate surface area is 281 Å². The van der Waals surface area contributed by atoms with Crippen molar-refractivity contribution >= 4 is 27.3 Å². The number of thiazole rings is 1. The smallest absolute Gasteiger partial charge is 0.161 e. The first-order valence-corrected chi connectivity index (χ1v) is 17.0. The van der Waals surface area contributed by atoms with E-state index in [1.54, 1.807) is 25.6 Å². The van der Waals surface area contributed by atoms with E-state index < -0.39 is 0 Å².